The van der Waals surface area contributed by atoms with Crippen molar-refractivity contribution in [1.82, 2.24) is 0 Å². The fourth-order valence-electron chi connectivity index (χ4n) is 3.28. The summed E-state index contributed by atoms with van der Waals surface area (Å²) in [5.74, 6) is -0.246. The molecule has 2 aromatic carbocycles. The lowest BCUT2D eigenvalue weighted by molar-refractivity contribution is 0.00578. The van der Waals surface area contributed by atoms with Crippen LogP contribution in [0.5, 0.6) is 0 Å². The third kappa shape index (κ3) is 4.53. The van der Waals surface area contributed by atoms with E-state index < -0.39 is 28.2 Å². The molecule has 1 heterocycles. The molecular formula is C23H29BO5S. The van der Waals surface area contributed by atoms with E-state index in [-0.39, 0.29) is 17.3 Å². The van der Waals surface area contributed by atoms with Crippen LogP contribution in [0.1, 0.15) is 61.7 Å². The molecular weight excluding hydrogens is 399 g/mol. The second-order valence-electron chi connectivity index (χ2n) is 8.88. The van der Waals surface area contributed by atoms with Crippen LogP contribution in [-0.2, 0) is 24.9 Å². The number of sulfone groups is 1. The Morgan fingerprint density at radius 2 is 1.53 bits per heavy atom. The number of aryl methyl sites for hydroxylation is 1. The minimum absolute atomic E-state index is 0.0488. The maximum absolute atomic E-state index is 13.4. The summed E-state index contributed by atoms with van der Waals surface area (Å²) >= 11 is 0. The van der Waals surface area contributed by atoms with Crippen LogP contribution in [0, 0.1) is 6.92 Å². The normalized spacial score (nSPS) is 17.9. The SMILES string of the molecule is CCS(=O)(=O)Cc1ccc(B2OC(C)(C)C(C)(C)O2)c(C(=O)c2ccc(C)cc2)c1. The van der Waals surface area contributed by atoms with E-state index in [0.717, 1.165) is 5.56 Å². The van der Waals surface area contributed by atoms with Gasteiger partial charge >= 0.3 is 7.12 Å². The van der Waals surface area contributed by atoms with E-state index in [1.807, 2.05) is 46.8 Å². The molecule has 0 amide bonds. The molecule has 0 saturated carbocycles. The monoisotopic (exact) mass is 428 g/mol. The van der Waals surface area contributed by atoms with Gasteiger partial charge in [0.1, 0.15) is 0 Å². The molecule has 7 heteroatoms. The van der Waals surface area contributed by atoms with E-state index in [9.17, 15) is 13.2 Å². The first-order valence-corrected chi connectivity index (χ1v) is 12.0. The Hall–Kier alpha value is -1.96. The summed E-state index contributed by atoms with van der Waals surface area (Å²) in [7, 11) is -3.94. The Morgan fingerprint density at radius 1 is 0.967 bits per heavy atom. The van der Waals surface area contributed by atoms with Crippen LogP contribution in [0.15, 0.2) is 42.5 Å². The molecule has 1 aliphatic heterocycles. The van der Waals surface area contributed by atoms with Gasteiger partial charge in [-0.25, -0.2) is 8.42 Å². The van der Waals surface area contributed by atoms with E-state index in [1.165, 1.54) is 0 Å². The maximum atomic E-state index is 13.4. The Labute approximate surface area is 179 Å². The van der Waals surface area contributed by atoms with Crippen LogP contribution in [0.25, 0.3) is 0 Å². The Morgan fingerprint density at radius 3 is 2.07 bits per heavy atom. The third-order valence-electron chi connectivity index (χ3n) is 6.01. The Balaban J connectivity index is 2.08. The molecule has 3 rings (SSSR count). The van der Waals surface area contributed by atoms with Crippen molar-refractivity contribution in [2.75, 3.05) is 5.75 Å². The van der Waals surface area contributed by atoms with Crippen molar-refractivity contribution in [2.45, 2.75) is 58.5 Å². The van der Waals surface area contributed by atoms with E-state index in [2.05, 4.69) is 0 Å². The zero-order chi connectivity index (χ0) is 22.3. The molecule has 0 radical (unpaired) electrons. The standard InChI is InChI=1S/C23H29BO5S/c1-7-30(26,27)15-17-10-13-20(24-28-22(3,4)23(5,6)29-24)19(14-17)21(25)18-11-8-16(2)9-12-18/h8-14H,7,15H2,1-6H3. The maximum Gasteiger partial charge on any atom is 0.495 e. The number of rotatable bonds is 6. The van der Waals surface area contributed by atoms with Gasteiger partial charge in [0, 0.05) is 16.9 Å². The van der Waals surface area contributed by atoms with Gasteiger partial charge in [-0.05, 0) is 51.7 Å². The van der Waals surface area contributed by atoms with Crippen molar-refractivity contribution in [3.63, 3.8) is 0 Å². The van der Waals surface area contributed by atoms with E-state index in [0.29, 0.717) is 22.2 Å². The zero-order valence-electron chi connectivity index (χ0n) is 18.5. The van der Waals surface area contributed by atoms with Gasteiger partial charge in [0.25, 0.3) is 0 Å². The lowest BCUT2D eigenvalue weighted by Gasteiger charge is -2.32. The van der Waals surface area contributed by atoms with Crippen molar-refractivity contribution >= 4 is 28.2 Å². The average Bonchev–Trinajstić information content (AvgIpc) is 2.88. The molecule has 1 fully saturated rings. The summed E-state index contributed by atoms with van der Waals surface area (Å²) in [6.45, 7) is 11.4. The summed E-state index contributed by atoms with van der Waals surface area (Å²) in [6, 6.07) is 12.5. The largest absolute Gasteiger partial charge is 0.495 e. The first-order valence-electron chi connectivity index (χ1n) is 10.2. The highest BCUT2D eigenvalue weighted by atomic mass is 32.2. The molecule has 5 nitrogen and oxygen atoms in total. The quantitative estimate of drug-likeness (QED) is 0.521. The van der Waals surface area contributed by atoms with Gasteiger partial charge in [-0.15, -0.1) is 0 Å². The molecule has 1 aliphatic rings. The van der Waals surface area contributed by atoms with Gasteiger partial charge in [0.15, 0.2) is 15.6 Å². The van der Waals surface area contributed by atoms with E-state index in [4.69, 9.17) is 9.31 Å². The highest BCUT2D eigenvalue weighted by Crippen LogP contribution is 2.37. The van der Waals surface area contributed by atoms with Crippen molar-refractivity contribution < 1.29 is 22.5 Å². The molecule has 0 N–H and O–H groups in total. The Kier molecular flexibility index (Phi) is 6.02. The first-order chi connectivity index (χ1) is 13.9. The molecule has 1 saturated heterocycles. The van der Waals surface area contributed by atoms with Crippen molar-refractivity contribution in [1.29, 1.82) is 0 Å². The minimum Gasteiger partial charge on any atom is -0.399 e. The van der Waals surface area contributed by atoms with E-state index >= 15 is 0 Å². The molecule has 0 aromatic heterocycles. The van der Waals surface area contributed by atoms with Crippen molar-refractivity contribution in [3.05, 3.63) is 64.7 Å². The second-order valence-corrected chi connectivity index (χ2v) is 11.2. The molecule has 2 aromatic rings. The topological polar surface area (TPSA) is 69.7 Å². The Bertz CT molecular complexity index is 1040. The molecule has 160 valence electrons. The predicted molar refractivity (Wildman–Crippen MR) is 120 cm³/mol. The smallest absolute Gasteiger partial charge is 0.399 e. The van der Waals surface area contributed by atoms with Gasteiger partial charge in [-0.2, -0.15) is 0 Å². The summed E-state index contributed by atoms with van der Waals surface area (Å²) in [5.41, 5.74) is 2.08. The molecule has 0 spiro atoms. The lowest BCUT2D eigenvalue weighted by atomic mass is 9.74. The van der Waals surface area contributed by atoms with Gasteiger partial charge in [0.2, 0.25) is 0 Å². The van der Waals surface area contributed by atoms with Crippen LogP contribution >= 0.6 is 0 Å². The first kappa shape index (κ1) is 22.7. The van der Waals surface area contributed by atoms with Crippen LogP contribution in [0.4, 0.5) is 0 Å². The number of hydrogen-bond acceptors (Lipinski definition) is 5. The fraction of sp³-hybridized carbons (Fsp3) is 0.435. The summed E-state index contributed by atoms with van der Waals surface area (Å²) in [6.07, 6.45) is 0. The number of benzene rings is 2. The van der Waals surface area contributed by atoms with Crippen LogP contribution < -0.4 is 5.46 Å². The number of carbonyl (C=O) groups is 1. The molecule has 0 bridgehead atoms. The van der Waals surface area contributed by atoms with Gasteiger partial charge in [0.05, 0.1) is 17.0 Å². The number of carbonyl (C=O) groups excluding carboxylic acids is 1. The van der Waals surface area contributed by atoms with Crippen molar-refractivity contribution in [3.8, 4) is 0 Å². The molecule has 0 aliphatic carbocycles. The van der Waals surface area contributed by atoms with Crippen molar-refractivity contribution in [2.24, 2.45) is 0 Å². The summed E-state index contributed by atoms with van der Waals surface area (Å²) < 4.78 is 36.6. The molecule has 0 unspecified atom stereocenters. The minimum atomic E-state index is -3.23. The average molecular weight is 428 g/mol. The molecule has 0 atom stereocenters. The second kappa shape index (κ2) is 7.95. The van der Waals surface area contributed by atoms with Crippen LogP contribution in [0.2, 0.25) is 0 Å². The van der Waals surface area contributed by atoms with Crippen LogP contribution in [0.3, 0.4) is 0 Å². The lowest BCUT2D eigenvalue weighted by Crippen LogP contribution is -2.41. The van der Waals surface area contributed by atoms with Gasteiger partial charge in [-0.1, -0.05) is 48.9 Å². The number of hydrogen-bond donors (Lipinski definition) is 0. The highest BCUT2D eigenvalue weighted by Gasteiger charge is 2.52. The zero-order valence-corrected chi connectivity index (χ0v) is 19.3. The third-order valence-corrected chi connectivity index (χ3v) is 7.66. The van der Waals surface area contributed by atoms with Gasteiger partial charge < -0.3 is 9.31 Å². The summed E-state index contributed by atoms with van der Waals surface area (Å²) in [4.78, 5) is 13.4. The van der Waals surface area contributed by atoms with E-state index in [1.54, 1.807) is 37.3 Å². The van der Waals surface area contributed by atoms with Crippen LogP contribution in [-0.4, -0.2) is 38.3 Å². The summed E-state index contributed by atoms with van der Waals surface area (Å²) in [5, 5.41) is 0. The fourth-order valence-corrected chi connectivity index (χ4v) is 4.17. The highest BCUT2D eigenvalue weighted by molar-refractivity contribution is 7.90. The number of ketones is 1. The molecule has 30 heavy (non-hydrogen) atoms. The predicted octanol–water partition coefficient (Wildman–Crippen LogP) is 3.46. The van der Waals surface area contributed by atoms with Gasteiger partial charge in [-0.3, -0.25) is 4.79 Å².